The Morgan fingerprint density at radius 3 is 2.46 bits per heavy atom. The van der Waals surface area contributed by atoms with Gasteiger partial charge < -0.3 is 9.80 Å². The first-order chi connectivity index (χ1) is 16.9. The van der Waals surface area contributed by atoms with Crippen molar-refractivity contribution in [1.82, 2.24) is 15.1 Å². The van der Waals surface area contributed by atoms with Gasteiger partial charge in [-0.15, -0.1) is 0 Å². The van der Waals surface area contributed by atoms with Crippen LogP contribution in [0.1, 0.15) is 47.2 Å². The van der Waals surface area contributed by atoms with E-state index in [4.69, 9.17) is 0 Å². The van der Waals surface area contributed by atoms with E-state index < -0.39 is 11.7 Å². The molecule has 3 heterocycles. The summed E-state index contributed by atoms with van der Waals surface area (Å²) < 4.78 is 41.2. The van der Waals surface area contributed by atoms with Gasteiger partial charge >= 0.3 is 6.18 Å². The van der Waals surface area contributed by atoms with E-state index in [9.17, 15) is 18.0 Å². The molecule has 2 saturated heterocycles. The number of aromatic amines is 1. The predicted molar refractivity (Wildman–Crippen MR) is 130 cm³/mol. The highest BCUT2D eigenvalue weighted by Crippen LogP contribution is 2.35. The number of nitrogens with zero attached hydrogens (tertiary/aromatic N) is 3. The number of hydrogen-bond donors (Lipinski definition) is 1. The summed E-state index contributed by atoms with van der Waals surface area (Å²) in [6.07, 6.45) is 3.28. The van der Waals surface area contributed by atoms with E-state index in [0.717, 1.165) is 48.7 Å². The summed E-state index contributed by atoms with van der Waals surface area (Å²) in [6.45, 7) is 3.63. The number of halogens is 3. The van der Waals surface area contributed by atoms with Gasteiger partial charge in [0.25, 0.3) is 0 Å². The van der Waals surface area contributed by atoms with Gasteiger partial charge in [-0.3, -0.25) is 9.89 Å². The minimum atomic E-state index is -4.51. The van der Waals surface area contributed by atoms with Crippen LogP contribution in [-0.4, -0.2) is 53.1 Å². The fourth-order valence-electron chi connectivity index (χ4n) is 5.27. The number of carbonyl (C=O) groups excluding carboxylic acids is 1. The highest BCUT2D eigenvalue weighted by atomic mass is 19.4. The molecule has 2 aliphatic heterocycles. The van der Waals surface area contributed by atoms with Crippen LogP contribution in [0.2, 0.25) is 0 Å². The van der Waals surface area contributed by atoms with Crippen molar-refractivity contribution < 1.29 is 18.0 Å². The molecular formula is C27H29F3N4O. The molecule has 0 radical (unpaired) electrons. The Morgan fingerprint density at radius 1 is 1.00 bits per heavy atom. The zero-order chi connectivity index (χ0) is 24.4. The monoisotopic (exact) mass is 482 g/mol. The van der Waals surface area contributed by atoms with Crippen molar-refractivity contribution >= 4 is 11.5 Å². The molecule has 8 heteroatoms. The standard InChI is InChI=1S/C27H29F3N4O/c28-27(29,30)23-14-21(26(35)13-19-4-3-5-20(12-19)22-17-31-32-18-22)15-25(16-23)34-10-6-24(7-11-34)33-8-1-2-9-33/h3-5,12,14-18,24H,1-2,6-11,13H2,(H,31,32). The molecule has 0 atom stereocenters. The summed E-state index contributed by atoms with van der Waals surface area (Å²) in [5.74, 6) is -0.325. The van der Waals surface area contributed by atoms with E-state index in [2.05, 4.69) is 15.1 Å². The van der Waals surface area contributed by atoms with Crippen LogP contribution in [0.25, 0.3) is 11.1 Å². The number of likely N-dealkylation sites (tertiary alicyclic amines) is 1. The number of Topliss-reactive ketones (excluding diaryl/α,β-unsaturated/α-hetero) is 1. The van der Waals surface area contributed by atoms with Crippen LogP contribution in [0.4, 0.5) is 18.9 Å². The van der Waals surface area contributed by atoms with Gasteiger partial charge in [-0.2, -0.15) is 18.3 Å². The average Bonchev–Trinajstić information content (AvgIpc) is 3.58. The molecule has 3 aromatic rings. The first kappa shape index (κ1) is 23.6. The highest BCUT2D eigenvalue weighted by Gasteiger charge is 2.33. The van der Waals surface area contributed by atoms with Gasteiger partial charge in [-0.05, 0) is 68.1 Å². The second kappa shape index (κ2) is 9.85. The molecule has 0 amide bonds. The van der Waals surface area contributed by atoms with Crippen molar-refractivity contribution in [1.29, 1.82) is 0 Å². The fourth-order valence-corrected chi connectivity index (χ4v) is 5.27. The minimum Gasteiger partial charge on any atom is -0.371 e. The lowest BCUT2D eigenvalue weighted by Crippen LogP contribution is -2.44. The third kappa shape index (κ3) is 5.42. The maximum absolute atomic E-state index is 13.7. The number of nitrogens with one attached hydrogen (secondary N) is 1. The van der Waals surface area contributed by atoms with Crippen molar-refractivity contribution in [3.8, 4) is 11.1 Å². The Balaban J connectivity index is 1.35. The molecule has 2 aromatic carbocycles. The normalized spacial score (nSPS) is 17.7. The lowest BCUT2D eigenvalue weighted by molar-refractivity contribution is -0.137. The molecule has 1 aromatic heterocycles. The number of piperidine rings is 1. The van der Waals surface area contributed by atoms with E-state index in [-0.39, 0.29) is 17.8 Å². The molecule has 5 nitrogen and oxygen atoms in total. The van der Waals surface area contributed by atoms with Crippen molar-refractivity contribution in [2.24, 2.45) is 0 Å². The number of hydrogen-bond acceptors (Lipinski definition) is 4. The molecule has 0 unspecified atom stereocenters. The van der Waals surface area contributed by atoms with E-state index in [1.165, 1.54) is 18.9 Å². The number of carbonyl (C=O) groups is 1. The molecule has 5 rings (SSSR count). The zero-order valence-electron chi connectivity index (χ0n) is 19.5. The molecular weight excluding hydrogens is 453 g/mol. The van der Waals surface area contributed by atoms with E-state index in [1.54, 1.807) is 18.5 Å². The molecule has 35 heavy (non-hydrogen) atoms. The van der Waals surface area contributed by atoms with Gasteiger partial charge in [-0.1, -0.05) is 24.3 Å². The first-order valence-corrected chi connectivity index (χ1v) is 12.2. The number of H-pyrrole nitrogens is 1. The SMILES string of the molecule is O=C(Cc1cccc(-c2cn[nH]c2)c1)c1cc(N2CCC(N3CCCC3)CC2)cc(C(F)(F)F)c1. The van der Waals surface area contributed by atoms with Crippen LogP contribution in [0.5, 0.6) is 0 Å². The Bertz CT molecular complexity index is 1160. The largest absolute Gasteiger partial charge is 0.416 e. The number of benzene rings is 2. The number of aromatic nitrogens is 2. The lowest BCUT2D eigenvalue weighted by Gasteiger charge is -2.38. The maximum atomic E-state index is 13.7. The van der Waals surface area contributed by atoms with Crippen molar-refractivity contribution in [2.75, 3.05) is 31.1 Å². The number of anilines is 1. The summed E-state index contributed by atoms with van der Waals surface area (Å²) >= 11 is 0. The average molecular weight is 483 g/mol. The van der Waals surface area contributed by atoms with Gasteiger partial charge in [0, 0.05) is 48.6 Å². The molecule has 184 valence electrons. The van der Waals surface area contributed by atoms with Crippen molar-refractivity contribution in [3.63, 3.8) is 0 Å². The first-order valence-electron chi connectivity index (χ1n) is 12.2. The van der Waals surface area contributed by atoms with Crippen LogP contribution in [0, 0.1) is 0 Å². The van der Waals surface area contributed by atoms with Gasteiger partial charge in [-0.25, -0.2) is 0 Å². The molecule has 1 N–H and O–H groups in total. The Morgan fingerprint density at radius 2 is 1.77 bits per heavy atom. The minimum absolute atomic E-state index is 0.0312. The van der Waals surface area contributed by atoms with Crippen LogP contribution in [0.3, 0.4) is 0 Å². The van der Waals surface area contributed by atoms with Crippen molar-refractivity contribution in [3.05, 3.63) is 71.5 Å². The smallest absolute Gasteiger partial charge is 0.371 e. The molecule has 2 aliphatic rings. The quantitative estimate of drug-likeness (QED) is 0.466. The summed E-state index contributed by atoms with van der Waals surface area (Å²) in [4.78, 5) is 17.6. The summed E-state index contributed by atoms with van der Waals surface area (Å²) in [5.41, 5.74) is 2.35. The zero-order valence-corrected chi connectivity index (χ0v) is 19.5. The Kier molecular flexibility index (Phi) is 6.65. The number of rotatable bonds is 6. The van der Waals surface area contributed by atoms with E-state index in [1.807, 2.05) is 29.2 Å². The molecule has 0 bridgehead atoms. The third-order valence-corrected chi connectivity index (χ3v) is 7.18. The van der Waals surface area contributed by atoms with Crippen LogP contribution in [-0.2, 0) is 12.6 Å². The van der Waals surface area contributed by atoms with Gasteiger partial charge in [0.05, 0.1) is 11.8 Å². The Hall–Kier alpha value is -3.13. The maximum Gasteiger partial charge on any atom is 0.416 e. The summed E-state index contributed by atoms with van der Waals surface area (Å²) in [5, 5.41) is 6.70. The highest BCUT2D eigenvalue weighted by molar-refractivity contribution is 5.98. The van der Waals surface area contributed by atoms with Gasteiger partial charge in [0.15, 0.2) is 5.78 Å². The Labute approximate surface area is 202 Å². The predicted octanol–water partition coefficient (Wildman–Crippen LogP) is 5.59. The van der Waals surface area contributed by atoms with Crippen LogP contribution in [0.15, 0.2) is 54.9 Å². The van der Waals surface area contributed by atoms with Crippen LogP contribution >= 0.6 is 0 Å². The lowest BCUT2D eigenvalue weighted by atomic mass is 9.97. The number of ketones is 1. The molecule has 0 aliphatic carbocycles. The summed E-state index contributed by atoms with van der Waals surface area (Å²) in [7, 11) is 0. The fraction of sp³-hybridized carbons (Fsp3) is 0.407. The molecule has 0 spiro atoms. The van der Waals surface area contributed by atoms with E-state index in [0.29, 0.717) is 24.8 Å². The van der Waals surface area contributed by atoms with Gasteiger partial charge in [0.1, 0.15) is 0 Å². The topological polar surface area (TPSA) is 52.2 Å². The second-order valence-corrected chi connectivity index (χ2v) is 9.51. The summed E-state index contributed by atoms with van der Waals surface area (Å²) in [6, 6.07) is 11.8. The van der Waals surface area contributed by atoms with E-state index >= 15 is 0 Å². The molecule has 0 saturated carbocycles. The number of alkyl halides is 3. The molecule has 2 fully saturated rings. The second-order valence-electron chi connectivity index (χ2n) is 9.51. The third-order valence-electron chi connectivity index (χ3n) is 7.18. The van der Waals surface area contributed by atoms with Crippen LogP contribution < -0.4 is 4.90 Å². The van der Waals surface area contributed by atoms with Gasteiger partial charge in [0.2, 0.25) is 0 Å². The van der Waals surface area contributed by atoms with Crippen molar-refractivity contribution in [2.45, 2.75) is 44.3 Å².